The number of amides is 2. The molecule has 1 saturated heterocycles. The van der Waals surface area contributed by atoms with E-state index in [9.17, 15) is 14.0 Å². The molecule has 4 rings (SSSR count). The molecule has 7 heteroatoms. The van der Waals surface area contributed by atoms with Crippen LogP contribution in [0.5, 0.6) is 0 Å². The van der Waals surface area contributed by atoms with Gasteiger partial charge in [0.15, 0.2) is 0 Å². The minimum absolute atomic E-state index is 0.123. The Morgan fingerprint density at radius 1 is 1.28 bits per heavy atom. The number of methoxy groups -OCH3 is 1. The maximum atomic E-state index is 14.3. The molecule has 0 saturated carbocycles. The van der Waals surface area contributed by atoms with Crippen molar-refractivity contribution in [1.82, 2.24) is 5.32 Å². The summed E-state index contributed by atoms with van der Waals surface area (Å²) < 4.78 is 20.2. The predicted molar refractivity (Wildman–Crippen MR) is 112 cm³/mol. The lowest BCUT2D eigenvalue weighted by atomic mass is 10.1. The van der Waals surface area contributed by atoms with E-state index in [1.807, 2.05) is 31.2 Å². The van der Waals surface area contributed by atoms with Crippen LogP contribution < -0.4 is 10.2 Å². The molecule has 1 N–H and O–H groups in total. The van der Waals surface area contributed by atoms with Gasteiger partial charge >= 0.3 is 0 Å². The van der Waals surface area contributed by atoms with Crippen molar-refractivity contribution in [3.05, 3.63) is 64.3 Å². The average Bonchev–Trinajstić information content (AvgIpc) is 3.25. The first-order chi connectivity index (χ1) is 14.0. The molecule has 0 bridgehead atoms. The van der Waals surface area contributed by atoms with Crippen molar-refractivity contribution in [2.75, 3.05) is 18.6 Å². The Morgan fingerprint density at radius 2 is 2.03 bits per heavy atom. The van der Waals surface area contributed by atoms with Crippen molar-refractivity contribution in [2.45, 2.75) is 26.0 Å². The van der Waals surface area contributed by atoms with E-state index in [2.05, 4.69) is 5.32 Å². The lowest BCUT2D eigenvalue weighted by molar-refractivity contribution is -0.118. The predicted octanol–water partition coefficient (Wildman–Crippen LogP) is 4.03. The van der Waals surface area contributed by atoms with Crippen molar-refractivity contribution in [3.8, 4) is 0 Å². The Bertz CT molecular complexity index is 1080. The third-order valence-electron chi connectivity index (χ3n) is 5.11. The Kier molecular flexibility index (Phi) is 5.34. The van der Waals surface area contributed by atoms with E-state index >= 15 is 0 Å². The highest BCUT2D eigenvalue weighted by Crippen LogP contribution is 2.34. The molecule has 1 atom stereocenters. The van der Waals surface area contributed by atoms with Crippen molar-refractivity contribution in [1.29, 1.82) is 0 Å². The molecule has 0 aliphatic carbocycles. The van der Waals surface area contributed by atoms with Gasteiger partial charge in [0.1, 0.15) is 11.9 Å². The van der Waals surface area contributed by atoms with Gasteiger partial charge in [-0.2, -0.15) is 0 Å². The summed E-state index contributed by atoms with van der Waals surface area (Å²) in [4.78, 5) is 27.9. The number of anilines is 1. The second kappa shape index (κ2) is 7.93. The van der Waals surface area contributed by atoms with Crippen LogP contribution in [0.1, 0.15) is 27.2 Å². The minimum Gasteiger partial charge on any atom is -0.380 e. The summed E-state index contributed by atoms with van der Waals surface area (Å²) in [6.07, 6.45) is 0.525. The lowest BCUT2D eigenvalue weighted by Crippen LogP contribution is -2.41. The lowest BCUT2D eigenvalue weighted by Gasteiger charge is -2.17. The number of benzene rings is 2. The van der Waals surface area contributed by atoms with Crippen LogP contribution in [0.2, 0.25) is 0 Å². The fourth-order valence-corrected chi connectivity index (χ4v) is 4.78. The number of carbonyl (C=O) groups excluding carboxylic acids is 2. The fraction of sp³-hybridized carbons (Fsp3) is 0.273. The molecule has 150 valence electrons. The van der Waals surface area contributed by atoms with E-state index in [0.29, 0.717) is 33.5 Å². The van der Waals surface area contributed by atoms with E-state index in [1.54, 1.807) is 17.0 Å². The monoisotopic (exact) mass is 412 g/mol. The van der Waals surface area contributed by atoms with Gasteiger partial charge in [-0.05, 0) is 37.6 Å². The zero-order valence-electron chi connectivity index (χ0n) is 16.2. The maximum absolute atomic E-state index is 14.3. The molecule has 0 unspecified atom stereocenters. The van der Waals surface area contributed by atoms with Crippen LogP contribution in [0.15, 0.2) is 42.5 Å². The van der Waals surface area contributed by atoms with Gasteiger partial charge in [-0.1, -0.05) is 23.8 Å². The van der Waals surface area contributed by atoms with E-state index in [0.717, 1.165) is 11.3 Å². The van der Waals surface area contributed by atoms with E-state index < -0.39 is 6.04 Å². The second-order valence-corrected chi connectivity index (χ2v) is 8.15. The molecule has 2 aromatic carbocycles. The Labute approximate surface area is 172 Å². The number of hydrogen-bond acceptors (Lipinski definition) is 4. The van der Waals surface area contributed by atoms with Gasteiger partial charge in [0.25, 0.3) is 5.91 Å². The molecule has 1 aliphatic heterocycles. The van der Waals surface area contributed by atoms with Gasteiger partial charge in [-0.3, -0.25) is 9.59 Å². The highest BCUT2D eigenvalue weighted by Gasteiger charge is 2.34. The first-order valence-corrected chi connectivity index (χ1v) is 10.2. The number of aryl methyl sites for hydroxylation is 1. The zero-order valence-corrected chi connectivity index (χ0v) is 17.0. The maximum Gasteiger partial charge on any atom is 0.262 e. The van der Waals surface area contributed by atoms with Crippen molar-refractivity contribution in [3.63, 3.8) is 0 Å². The van der Waals surface area contributed by atoms with Crippen molar-refractivity contribution in [2.24, 2.45) is 0 Å². The fourth-order valence-electron chi connectivity index (χ4n) is 3.65. The summed E-state index contributed by atoms with van der Waals surface area (Å²) >= 11 is 1.21. The average molecular weight is 412 g/mol. The van der Waals surface area contributed by atoms with Gasteiger partial charge in [-0.25, -0.2) is 4.39 Å². The van der Waals surface area contributed by atoms with Crippen LogP contribution in [0.3, 0.4) is 0 Å². The summed E-state index contributed by atoms with van der Waals surface area (Å²) in [6, 6.07) is 11.9. The van der Waals surface area contributed by atoms with E-state index in [-0.39, 0.29) is 24.2 Å². The quantitative estimate of drug-likeness (QED) is 0.688. The standard InChI is InChI=1S/C22H21FN2O3S/c1-13-6-8-14(9-7-13)25-11-10-17(22(25)27)24-21(26)20-15(12-28-2)19-16(23)4-3-5-18(19)29-20/h3-9,17H,10-12H2,1-2H3,(H,24,26)/t17-/m0/s1. The number of nitrogens with zero attached hydrogens (tertiary/aromatic N) is 1. The molecule has 2 amide bonds. The van der Waals surface area contributed by atoms with Crippen LogP contribution in [-0.4, -0.2) is 31.5 Å². The second-order valence-electron chi connectivity index (χ2n) is 7.10. The molecule has 1 fully saturated rings. The highest BCUT2D eigenvalue weighted by molar-refractivity contribution is 7.21. The van der Waals surface area contributed by atoms with Gasteiger partial charge in [-0.15, -0.1) is 11.3 Å². The summed E-state index contributed by atoms with van der Waals surface area (Å²) in [7, 11) is 1.51. The topological polar surface area (TPSA) is 58.6 Å². The Morgan fingerprint density at radius 3 is 2.76 bits per heavy atom. The Balaban J connectivity index is 1.57. The highest BCUT2D eigenvalue weighted by atomic mass is 32.1. The molecule has 2 heterocycles. The molecule has 0 radical (unpaired) electrons. The molecule has 0 spiro atoms. The van der Waals surface area contributed by atoms with E-state index in [4.69, 9.17) is 4.74 Å². The van der Waals surface area contributed by atoms with Crippen LogP contribution in [0.25, 0.3) is 10.1 Å². The molecule has 5 nitrogen and oxygen atoms in total. The molecule has 1 aromatic heterocycles. The number of rotatable bonds is 5. The van der Waals surface area contributed by atoms with E-state index in [1.165, 1.54) is 24.5 Å². The van der Waals surface area contributed by atoms with Gasteiger partial charge in [0.2, 0.25) is 5.91 Å². The molecule has 29 heavy (non-hydrogen) atoms. The number of carbonyl (C=O) groups is 2. The number of fused-ring (bicyclic) bond motifs is 1. The molecular weight excluding hydrogens is 391 g/mol. The number of nitrogens with one attached hydrogen (secondary N) is 1. The summed E-state index contributed by atoms with van der Waals surface area (Å²) in [5, 5.41) is 3.24. The normalized spacial score (nSPS) is 16.6. The zero-order chi connectivity index (χ0) is 20.5. The largest absolute Gasteiger partial charge is 0.380 e. The molecule has 3 aromatic rings. The molecule has 1 aliphatic rings. The van der Waals surface area contributed by atoms with Crippen LogP contribution in [-0.2, 0) is 16.1 Å². The molecular formula is C22H21FN2O3S. The van der Waals surface area contributed by atoms with Crippen LogP contribution >= 0.6 is 11.3 Å². The smallest absolute Gasteiger partial charge is 0.262 e. The Hall–Kier alpha value is -2.77. The number of hydrogen-bond donors (Lipinski definition) is 1. The van der Waals surface area contributed by atoms with Gasteiger partial charge < -0.3 is 15.0 Å². The number of halogens is 1. The SMILES string of the molecule is COCc1c(C(=O)N[C@H]2CCN(c3ccc(C)cc3)C2=O)sc2cccc(F)c12. The summed E-state index contributed by atoms with van der Waals surface area (Å²) in [5.41, 5.74) is 2.46. The summed E-state index contributed by atoms with van der Waals surface area (Å²) in [5.74, 6) is -0.892. The summed E-state index contributed by atoms with van der Waals surface area (Å²) in [6.45, 7) is 2.65. The number of ether oxygens (including phenoxy) is 1. The first-order valence-electron chi connectivity index (χ1n) is 9.37. The van der Waals surface area contributed by atoms with Gasteiger partial charge in [0.05, 0.1) is 11.5 Å². The van der Waals surface area contributed by atoms with Crippen LogP contribution in [0, 0.1) is 12.7 Å². The van der Waals surface area contributed by atoms with Crippen LogP contribution in [0.4, 0.5) is 10.1 Å². The van der Waals surface area contributed by atoms with Crippen molar-refractivity contribution < 1.29 is 18.7 Å². The number of thiophene rings is 1. The van der Waals surface area contributed by atoms with Gasteiger partial charge in [0, 0.05) is 35.0 Å². The first kappa shape index (κ1) is 19.5. The van der Waals surface area contributed by atoms with Crippen molar-refractivity contribution >= 4 is 38.9 Å². The minimum atomic E-state index is -0.603. The third kappa shape index (κ3) is 3.63. The third-order valence-corrected chi connectivity index (χ3v) is 6.31.